The van der Waals surface area contributed by atoms with Crippen LogP contribution in [0.5, 0.6) is 0 Å². The number of fused-ring (bicyclic) bond motifs is 1. The van der Waals surface area contributed by atoms with Gasteiger partial charge in [-0.15, -0.1) is 11.3 Å². The molecule has 1 N–H and O–H groups in total. The van der Waals surface area contributed by atoms with Gasteiger partial charge in [0.25, 0.3) is 5.56 Å². The molecule has 7 heteroatoms. The molecule has 21 heavy (non-hydrogen) atoms. The molecule has 2 aromatic rings. The van der Waals surface area contributed by atoms with Gasteiger partial charge in [0.15, 0.2) is 0 Å². The first-order valence-corrected chi connectivity index (χ1v) is 7.72. The minimum Gasteiger partial charge on any atom is -0.478 e. The summed E-state index contributed by atoms with van der Waals surface area (Å²) >= 11 is 1.21. The zero-order chi connectivity index (χ0) is 15.6. The third-order valence-corrected chi connectivity index (χ3v) is 4.18. The summed E-state index contributed by atoms with van der Waals surface area (Å²) in [7, 11) is 3.96. The molecule has 0 aliphatic carbocycles. The van der Waals surface area contributed by atoms with Gasteiger partial charge in [0.2, 0.25) is 0 Å². The molecule has 0 aliphatic rings. The van der Waals surface area contributed by atoms with Crippen molar-refractivity contribution in [3.05, 3.63) is 27.1 Å². The van der Waals surface area contributed by atoms with E-state index in [0.717, 1.165) is 13.0 Å². The molecule has 2 heterocycles. The lowest BCUT2D eigenvalue weighted by Crippen LogP contribution is -2.27. The number of aromatic carboxylic acids is 1. The average molecular weight is 309 g/mol. The minimum absolute atomic E-state index is 0.0523. The first-order chi connectivity index (χ1) is 9.95. The van der Waals surface area contributed by atoms with Crippen LogP contribution in [0.25, 0.3) is 10.2 Å². The van der Waals surface area contributed by atoms with Crippen molar-refractivity contribution < 1.29 is 9.90 Å². The second-order valence-corrected chi connectivity index (χ2v) is 5.99. The molecule has 0 atom stereocenters. The van der Waals surface area contributed by atoms with E-state index >= 15 is 0 Å². The molecular formula is C14H19N3O3S. The maximum atomic E-state index is 12.6. The Balaban J connectivity index is 2.51. The lowest BCUT2D eigenvalue weighted by atomic mass is 10.2. The Morgan fingerprint density at radius 2 is 2.19 bits per heavy atom. The molecule has 2 rings (SSSR count). The van der Waals surface area contributed by atoms with Gasteiger partial charge < -0.3 is 10.0 Å². The van der Waals surface area contributed by atoms with Gasteiger partial charge in [-0.2, -0.15) is 0 Å². The summed E-state index contributed by atoms with van der Waals surface area (Å²) < 4.78 is 1.62. The number of rotatable bonds is 6. The van der Waals surface area contributed by atoms with Gasteiger partial charge in [-0.1, -0.05) is 6.92 Å². The van der Waals surface area contributed by atoms with Crippen LogP contribution in [-0.4, -0.2) is 46.2 Å². The maximum absolute atomic E-state index is 12.6. The molecule has 0 aromatic carbocycles. The van der Waals surface area contributed by atoms with Crippen molar-refractivity contribution in [2.24, 2.45) is 0 Å². The van der Waals surface area contributed by atoms with Crippen molar-refractivity contribution in [2.75, 3.05) is 20.6 Å². The van der Waals surface area contributed by atoms with E-state index in [9.17, 15) is 14.7 Å². The predicted molar refractivity (Wildman–Crippen MR) is 83.4 cm³/mol. The fraction of sp³-hybridized carbons (Fsp3) is 0.500. The van der Waals surface area contributed by atoms with E-state index in [1.54, 1.807) is 4.57 Å². The molecule has 0 spiro atoms. The Labute approximate surface area is 126 Å². The van der Waals surface area contributed by atoms with E-state index in [-0.39, 0.29) is 16.5 Å². The van der Waals surface area contributed by atoms with Gasteiger partial charge >= 0.3 is 5.97 Å². The van der Waals surface area contributed by atoms with E-state index in [1.807, 2.05) is 21.0 Å². The van der Waals surface area contributed by atoms with E-state index in [1.165, 1.54) is 16.7 Å². The number of thiophene rings is 1. The van der Waals surface area contributed by atoms with Crippen LogP contribution in [0.3, 0.4) is 0 Å². The highest BCUT2D eigenvalue weighted by molar-refractivity contribution is 7.17. The van der Waals surface area contributed by atoms with Crippen molar-refractivity contribution in [2.45, 2.75) is 26.3 Å². The number of nitrogens with zero attached hydrogens (tertiary/aromatic N) is 3. The van der Waals surface area contributed by atoms with Crippen molar-refractivity contribution in [1.29, 1.82) is 0 Å². The van der Waals surface area contributed by atoms with Crippen LogP contribution < -0.4 is 5.56 Å². The Hall–Kier alpha value is -1.73. The van der Waals surface area contributed by atoms with E-state index in [2.05, 4.69) is 9.88 Å². The van der Waals surface area contributed by atoms with Crippen LogP contribution >= 0.6 is 11.3 Å². The van der Waals surface area contributed by atoms with Crippen LogP contribution in [0, 0.1) is 0 Å². The SMILES string of the molecule is CCc1nc2scc(C(=O)O)c2c(=O)n1CCCN(C)C. The summed E-state index contributed by atoms with van der Waals surface area (Å²) in [5.74, 6) is -0.366. The Kier molecular flexibility index (Phi) is 4.74. The minimum atomic E-state index is -1.08. The van der Waals surface area contributed by atoms with Crippen molar-refractivity contribution in [3.8, 4) is 0 Å². The Morgan fingerprint density at radius 3 is 2.76 bits per heavy atom. The molecule has 0 bridgehead atoms. The highest BCUT2D eigenvalue weighted by atomic mass is 32.1. The van der Waals surface area contributed by atoms with E-state index in [4.69, 9.17) is 0 Å². The van der Waals surface area contributed by atoms with Crippen molar-refractivity contribution in [1.82, 2.24) is 14.5 Å². The van der Waals surface area contributed by atoms with E-state index < -0.39 is 5.97 Å². The van der Waals surface area contributed by atoms with Crippen LogP contribution in [0.4, 0.5) is 0 Å². The van der Waals surface area contributed by atoms with Gasteiger partial charge in [-0.25, -0.2) is 9.78 Å². The summed E-state index contributed by atoms with van der Waals surface area (Å²) in [6.45, 7) is 3.36. The molecule has 0 unspecified atom stereocenters. The molecule has 0 saturated heterocycles. The first kappa shape index (κ1) is 15.7. The molecule has 0 radical (unpaired) electrons. The van der Waals surface area contributed by atoms with Gasteiger partial charge in [-0.3, -0.25) is 9.36 Å². The number of hydrogen-bond donors (Lipinski definition) is 1. The molecule has 0 amide bonds. The molecule has 0 saturated carbocycles. The predicted octanol–water partition coefficient (Wildman–Crippen LogP) is 1.67. The average Bonchev–Trinajstić information content (AvgIpc) is 2.84. The van der Waals surface area contributed by atoms with E-state index in [0.29, 0.717) is 23.6 Å². The first-order valence-electron chi connectivity index (χ1n) is 6.84. The topological polar surface area (TPSA) is 75.4 Å². The third-order valence-electron chi connectivity index (χ3n) is 3.31. The van der Waals surface area contributed by atoms with Crippen LogP contribution in [0.1, 0.15) is 29.5 Å². The van der Waals surface area contributed by atoms with Crippen LogP contribution in [0.15, 0.2) is 10.2 Å². The lowest BCUT2D eigenvalue weighted by molar-refractivity contribution is 0.0699. The highest BCUT2D eigenvalue weighted by Crippen LogP contribution is 2.21. The van der Waals surface area contributed by atoms with Gasteiger partial charge in [0.05, 0.1) is 10.9 Å². The van der Waals surface area contributed by atoms with Crippen molar-refractivity contribution in [3.63, 3.8) is 0 Å². The summed E-state index contributed by atoms with van der Waals surface area (Å²) in [5.41, 5.74) is -0.189. The molecular weight excluding hydrogens is 290 g/mol. The summed E-state index contributed by atoms with van der Waals surface area (Å²) in [4.78, 5) is 30.9. The molecule has 0 aliphatic heterocycles. The number of carboxylic acids is 1. The Morgan fingerprint density at radius 1 is 1.48 bits per heavy atom. The number of hydrogen-bond acceptors (Lipinski definition) is 5. The molecule has 114 valence electrons. The third kappa shape index (κ3) is 3.14. The molecule has 0 fully saturated rings. The van der Waals surface area contributed by atoms with Gasteiger partial charge in [0.1, 0.15) is 10.7 Å². The lowest BCUT2D eigenvalue weighted by Gasteiger charge is -2.13. The summed E-state index contributed by atoms with van der Waals surface area (Å²) in [6.07, 6.45) is 1.47. The fourth-order valence-corrected chi connectivity index (χ4v) is 3.19. The largest absolute Gasteiger partial charge is 0.478 e. The summed E-state index contributed by atoms with van der Waals surface area (Å²) in [5, 5.41) is 10.9. The zero-order valence-electron chi connectivity index (χ0n) is 12.4. The summed E-state index contributed by atoms with van der Waals surface area (Å²) in [6, 6.07) is 0. The molecule has 2 aromatic heterocycles. The highest BCUT2D eigenvalue weighted by Gasteiger charge is 2.18. The molecule has 6 nitrogen and oxygen atoms in total. The standard InChI is InChI=1S/C14H19N3O3S/c1-4-10-15-12-11(9(8-21-12)14(19)20)13(18)17(10)7-5-6-16(2)3/h8H,4-7H2,1-3H3,(H,19,20). The smallest absolute Gasteiger partial charge is 0.337 e. The normalized spacial score (nSPS) is 11.4. The second kappa shape index (κ2) is 6.36. The fourth-order valence-electron chi connectivity index (χ4n) is 2.27. The zero-order valence-corrected chi connectivity index (χ0v) is 13.2. The Bertz CT molecular complexity index is 718. The number of aryl methyl sites for hydroxylation is 1. The van der Waals surface area contributed by atoms with Gasteiger partial charge in [-0.05, 0) is 27.1 Å². The van der Waals surface area contributed by atoms with Crippen LogP contribution in [0.2, 0.25) is 0 Å². The van der Waals surface area contributed by atoms with Crippen molar-refractivity contribution >= 4 is 27.5 Å². The quantitative estimate of drug-likeness (QED) is 0.878. The number of carboxylic acid groups (broad SMARTS) is 1. The second-order valence-electron chi connectivity index (χ2n) is 5.13. The number of aromatic nitrogens is 2. The van der Waals surface area contributed by atoms with Gasteiger partial charge in [0, 0.05) is 18.3 Å². The van der Waals surface area contributed by atoms with Crippen LogP contribution in [-0.2, 0) is 13.0 Å². The maximum Gasteiger partial charge on any atom is 0.337 e. The monoisotopic (exact) mass is 309 g/mol. The number of carbonyl (C=O) groups is 1.